The molecular weight excluding hydrogens is 424 g/mol. The quantitative estimate of drug-likeness (QED) is 0.624. The van der Waals surface area contributed by atoms with Crippen molar-refractivity contribution in [3.63, 3.8) is 0 Å². The Morgan fingerprint density at radius 1 is 1.21 bits per heavy atom. The molecule has 10 heteroatoms. The Kier molecular flexibility index (Phi) is 7.05. The molecule has 1 aromatic heterocycles. The third kappa shape index (κ3) is 5.23. The van der Waals surface area contributed by atoms with Crippen molar-refractivity contribution in [3.8, 4) is 11.4 Å². The average Bonchev–Trinajstić information content (AvgIpc) is 2.82. The molecule has 4 rings (SSSR count). The fourth-order valence-corrected chi connectivity index (χ4v) is 4.14. The number of ether oxygens (including phenoxy) is 1. The lowest BCUT2D eigenvalue weighted by molar-refractivity contribution is -0.129. The van der Waals surface area contributed by atoms with Gasteiger partial charge in [-0.15, -0.1) is 0 Å². The van der Waals surface area contributed by atoms with Crippen LogP contribution >= 0.6 is 0 Å². The zero-order valence-corrected chi connectivity index (χ0v) is 19.0. The highest BCUT2D eigenvalue weighted by Gasteiger charge is 2.29. The summed E-state index contributed by atoms with van der Waals surface area (Å²) in [6.07, 6.45) is 0.723. The van der Waals surface area contributed by atoms with Crippen molar-refractivity contribution in [1.29, 1.82) is 0 Å². The summed E-state index contributed by atoms with van der Waals surface area (Å²) in [5.41, 5.74) is 3.42. The number of fused-ring (bicyclic) bond motifs is 1. The molecule has 33 heavy (non-hydrogen) atoms. The summed E-state index contributed by atoms with van der Waals surface area (Å²) < 4.78 is 5.62. The van der Waals surface area contributed by atoms with Crippen molar-refractivity contribution in [1.82, 2.24) is 20.2 Å². The van der Waals surface area contributed by atoms with Gasteiger partial charge in [0.15, 0.2) is 5.82 Å². The van der Waals surface area contributed by atoms with Crippen LogP contribution in [0, 0.1) is 0 Å². The standard InChI is InChI=1S/C23H30N6O4/c1-15-14-33-12-10-29(15)22-19-7-9-28(16(2)31)13-20(19)26-21(27-22)17-3-5-18(6-4-17)25-23(32)24-8-11-30/h3-6,15,30H,7-14H2,1-2H3,(H2,24,25,32). The number of hydrogen-bond acceptors (Lipinski definition) is 7. The van der Waals surface area contributed by atoms with E-state index in [4.69, 9.17) is 19.8 Å². The highest BCUT2D eigenvalue weighted by Crippen LogP contribution is 2.31. The number of aliphatic hydroxyl groups is 1. The van der Waals surface area contributed by atoms with E-state index in [1.807, 2.05) is 17.0 Å². The van der Waals surface area contributed by atoms with Crippen LogP contribution in [0.2, 0.25) is 0 Å². The Labute approximate surface area is 193 Å². The highest BCUT2D eigenvalue weighted by molar-refractivity contribution is 5.89. The van der Waals surface area contributed by atoms with Crippen molar-refractivity contribution in [2.24, 2.45) is 0 Å². The number of aliphatic hydroxyl groups excluding tert-OH is 1. The Morgan fingerprint density at radius 3 is 2.70 bits per heavy atom. The maximum absolute atomic E-state index is 12.0. The van der Waals surface area contributed by atoms with Crippen LogP contribution in [0.25, 0.3) is 11.4 Å². The molecule has 3 heterocycles. The SMILES string of the molecule is CC(=O)N1CCc2c(nc(-c3ccc(NC(=O)NCCO)cc3)nc2N2CCOCC2C)C1. The predicted octanol–water partition coefficient (Wildman–Crippen LogP) is 1.39. The molecule has 1 saturated heterocycles. The van der Waals surface area contributed by atoms with Gasteiger partial charge in [-0.2, -0.15) is 0 Å². The first kappa shape index (κ1) is 22.9. The molecule has 1 aromatic carbocycles. The van der Waals surface area contributed by atoms with Gasteiger partial charge in [0.2, 0.25) is 5.91 Å². The van der Waals surface area contributed by atoms with Crippen LogP contribution in [-0.2, 0) is 22.5 Å². The van der Waals surface area contributed by atoms with Crippen LogP contribution in [0.3, 0.4) is 0 Å². The van der Waals surface area contributed by atoms with Crippen LogP contribution in [0.4, 0.5) is 16.3 Å². The number of carbonyl (C=O) groups excluding carboxylic acids is 2. The minimum Gasteiger partial charge on any atom is -0.395 e. The molecule has 0 aliphatic carbocycles. The first-order valence-corrected chi connectivity index (χ1v) is 11.2. The monoisotopic (exact) mass is 454 g/mol. The van der Waals surface area contributed by atoms with Crippen LogP contribution in [0.5, 0.6) is 0 Å². The molecule has 1 unspecified atom stereocenters. The lowest BCUT2D eigenvalue weighted by Crippen LogP contribution is -2.45. The molecule has 1 fully saturated rings. The second-order valence-electron chi connectivity index (χ2n) is 8.29. The molecule has 2 aromatic rings. The average molecular weight is 455 g/mol. The number of benzene rings is 1. The summed E-state index contributed by atoms with van der Waals surface area (Å²) in [6, 6.07) is 7.11. The molecule has 3 amide bonds. The van der Waals surface area contributed by atoms with Crippen LogP contribution < -0.4 is 15.5 Å². The molecule has 10 nitrogen and oxygen atoms in total. The zero-order valence-electron chi connectivity index (χ0n) is 19.0. The second kappa shape index (κ2) is 10.1. The van der Waals surface area contributed by atoms with Crippen LogP contribution in [-0.4, -0.2) is 77.4 Å². The fourth-order valence-electron chi connectivity index (χ4n) is 4.14. The predicted molar refractivity (Wildman–Crippen MR) is 124 cm³/mol. The van der Waals surface area contributed by atoms with Gasteiger partial charge in [0.25, 0.3) is 0 Å². The summed E-state index contributed by atoms with van der Waals surface area (Å²) >= 11 is 0. The number of amides is 3. The number of aromatic nitrogens is 2. The molecule has 0 radical (unpaired) electrons. The van der Waals surface area contributed by atoms with Gasteiger partial charge in [-0.25, -0.2) is 14.8 Å². The van der Waals surface area contributed by atoms with Gasteiger partial charge in [0, 0.05) is 43.4 Å². The van der Waals surface area contributed by atoms with Crippen molar-refractivity contribution in [2.75, 3.05) is 49.7 Å². The molecule has 0 spiro atoms. The lowest BCUT2D eigenvalue weighted by Gasteiger charge is -2.37. The Bertz CT molecular complexity index is 1010. The third-order valence-electron chi connectivity index (χ3n) is 5.93. The molecular formula is C23H30N6O4. The van der Waals surface area contributed by atoms with E-state index in [0.717, 1.165) is 35.6 Å². The smallest absolute Gasteiger partial charge is 0.319 e. The number of carbonyl (C=O) groups is 2. The van der Waals surface area contributed by atoms with E-state index >= 15 is 0 Å². The summed E-state index contributed by atoms with van der Waals surface area (Å²) in [5, 5.41) is 14.1. The largest absolute Gasteiger partial charge is 0.395 e. The van der Waals surface area contributed by atoms with E-state index in [1.54, 1.807) is 19.1 Å². The summed E-state index contributed by atoms with van der Waals surface area (Å²) in [7, 11) is 0. The molecule has 1 atom stereocenters. The van der Waals surface area contributed by atoms with E-state index in [9.17, 15) is 9.59 Å². The zero-order chi connectivity index (χ0) is 23.4. The number of rotatable bonds is 5. The summed E-state index contributed by atoms with van der Waals surface area (Å²) in [5.74, 6) is 1.54. The Morgan fingerprint density at radius 2 is 2.00 bits per heavy atom. The van der Waals surface area contributed by atoms with E-state index in [1.165, 1.54) is 0 Å². The molecule has 0 saturated carbocycles. The normalized spacial score (nSPS) is 18.0. The molecule has 3 N–H and O–H groups in total. The maximum atomic E-state index is 12.0. The van der Waals surface area contributed by atoms with Gasteiger partial charge < -0.3 is 30.3 Å². The van der Waals surface area contributed by atoms with E-state index < -0.39 is 0 Å². The van der Waals surface area contributed by atoms with Crippen molar-refractivity contribution >= 4 is 23.4 Å². The number of nitrogens with zero attached hydrogens (tertiary/aromatic N) is 4. The third-order valence-corrected chi connectivity index (χ3v) is 5.93. The highest BCUT2D eigenvalue weighted by atomic mass is 16.5. The van der Waals surface area contributed by atoms with E-state index in [0.29, 0.717) is 37.8 Å². The molecule has 2 aliphatic heterocycles. The Hall–Kier alpha value is -3.24. The number of urea groups is 1. The van der Waals surface area contributed by atoms with Crippen LogP contribution in [0.1, 0.15) is 25.1 Å². The Balaban J connectivity index is 1.65. The van der Waals surface area contributed by atoms with E-state index in [-0.39, 0.29) is 31.1 Å². The fraction of sp³-hybridized carbons (Fsp3) is 0.478. The summed E-state index contributed by atoms with van der Waals surface area (Å²) in [6.45, 7) is 6.96. The van der Waals surface area contributed by atoms with Gasteiger partial charge in [0.05, 0.1) is 38.1 Å². The van der Waals surface area contributed by atoms with Crippen LogP contribution in [0.15, 0.2) is 24.3 Å². The first-order valence-electron chi connectivity index (χ1n) is 11.2. The number of nitrogens with one attached hydrogen (secondary N) is 2. The number of hydrogen-bond donors (Lipinski definition) is 3. The van der Waals surface area contributed by atoms with Gasteiger partial charge in [-0.3, -0.25) is 4.79 Å². The van der Waals surface area contributed by atoms with Gasteiger partial charge in [-0.05, 0) is 37.6 Å². The maximum Gasteiger partial charge on any atom is 0.319 e. The molecule has 2 aliphatic rings. The molecule has 0 bridgehead atoms. The van der Waals surface area contributed by atoms with Crippen molar-refractivity contribution < 1.29 is 19.4 Å². The number of morpholine rings is 1. The second-order valence-corrected chi connectivity index (χ2v) is 8.29. The van der Waals surface area contributed by atoms with Gasteiger partial charge in [-0.1, -0.05) is 0 Å². The lowest BCUT2D eigenvalue weighted by atomic mass is 10.0. The minimum absolute atomic E-state index is 0.0389. The van der Waals surface area contributed by atoms with E-state index in [2.05, 4.69) is 22.5 Å². The minimum atomic E-state index is -0.380. The molecule has 176 valence electrons. The van der Waals surface area contributed by atoms with Gasteiger partial charge >= 0.3 is 6.03 Å². The van der Waals surface area contributed by atoms with Crippen molar-refractivity contribution in [3.05, 3.63) is 35.5 Å². The summed E-state index contributed by atoms with van der Waals surface area (Å²) in [4.78, 5) is 37.7. The van der Waals surface area contributed by atoms with Crippen molar-refractivity contribution in [2.45, 2.75) is 32.9 Å². The first-order chi connectivity index (χ1) is 16.0. The topological polar surface area (TPSA) is 120 Å². The van der Waals surface area contributed by atoms with Gasteiger partial charge in [0.1, 0.15) is 5.82 Å². The number of anilines is 2.